The number of phenolic OH excluding ortho intramolecular Hbond substituents is 1. The van der Waals surface area contributed by atoms with E-state index in [1.807, 2.05) is 0 Å². The number of rotatable bonds is 5. The Morgan fingerprint density at radius 2 is 2.28 bits per heavy atom. The van der Waals surface area contributed by atoms with Gasteiger partial charge in [0, 0.05) is 18.1 Å². The van der Waals surface area contributed by atoms with Gasteiger partial charge in [-0.25, -0.2) is 0 Å². The average Bonchev–Trinajstić information content (AvgIpc) is 2.31. The number of carbonyl (C=O) groups is 1. The number of benzene rings is 1. The standard InChI is InChI=1S/C11H14N2O5/c1-2-18-11(15)8(12)6-7-4-3-5-9(10(7)14)13(16)17/h3-5,8,14H,2,6,12H2,1H3. The number of para-hydroxylation sites is 1. The summed E-state index contributed by atoms with van der Waals surface area (Å²) < 4.78 is 4.71. The fraction of sp³-hybridized carbons (Fsp3) is 0.364. The summed E-state index contributed by atoms with van der Waals surface area (Å²) in [5, 5.41) is 20.3. The fourth-order valence-corrected chi connectivity index (χ4v) is 1.46. The van der Waals surface area contributed by atoms with E-state index in [-0.39, 0.29) is 18.6 Å². The lowest BCUT2D eigenvalue weighted by atomic mass is 10.0. The number of hydrogen-bond donors (Lipinski definition) is 2. The van der Waals surface area contributed by atoms with Crippen LogP contribution in [0.2, 0.25) is 0 Å². The monoisotopic (exact) mass is 254 g/mol. The quantitative estimate of drug-likeness (QED) is 0.454. The van der Waals surface area contributed by atoms with Gasteiger partial charge in [-0.3, -0.25) is 14.9 Å². The third-order valence-electron chi connectivity index (χ3n) is 2.32. The molecular weight excluding hydrogens is 240 g/mol. The van der Waals surface area contributed by atoms with Crippen molar-refractivity contribution in [3.05, 3.63) is 33.9 Å². The number of carbonyl (C=O) groups excluding carboxylic acids is 1. The van der Waals surface area contributed by atoms with E-state index in [4.69, 9.17) is 10.5 Å². The minimum absolute atomic E-state index is 0.0215. The Bertz CT molecular complexity index is 461. The van der Waals surface area contributed by atoms with Gasteiger partial charge in [-0.15, -0.1) is 0 Å². The van der Waals surface area contributed by atoms with E-state index in [2.05, 4.69) is 0 Å². The van der Waals surface area contributed by atoms with Gasteiger partial charge < -0.3 is 15.6 Å². The van der Waals surface area contributed by atoms with E-state index < -0.39 is 28.4 Å². The largest absolute Gasteiger partial charge is 0.502 e. The van der Waals surface area contributed by atoms with Crippen molar-refractivity contribution in [3.63, 3.8) is 0 Å². The highest BCUT2D eigenvalue weighted by Gasteiger charge is 2.21. The summed E-state index contributed by atoms with van der Waals surface area (Å²) in [6.45, 7) is 1.85. The predicted molar refractivity (Wildman–Crippen MR) is 63.1 cm³/mol. The maximum atomic E-state index is 11.3. The molecule has 0 saturated heterocycles. The second kappa shape index (κ2) is 5.97. The van der Waals surface area contributed by atoms with Crippen molar-refractivity contribution in [1.82, 2.24) is 0 Å². The molecule has 0 fully saturated rings. The molecule has 0 amide bonds. The molecule has 0 heterocycles. The molecule has 98 valence electrons. The number of ether oxygens (including phenoxy) is 1. The van der Waals surface area contributed by atoms with Crippen molar-refractivity contribution < 1.29 is 19.6 Å². The second-order valence-corrected chi connectivity index (χ2v) is 3.60. The van der Waals surface area contributed by atoms with Gasteiger partial charge >= 0.3 is 11.7 Å². The summed E-state index contributed by atoms with van der Waals surface area (Å²) in [4.78, 5) is 21.2. The number of nitro benzene ring substituents is 1. The van der Waals surface area contributed by atoms with Crippen LogP contribution in [-0.2, 0) is 16.0 Å². The molecule has 0 aliphatic heterocycles. The van der Waals surface area contributed by atoms with Gasteiger partial charge in [-0.1, -0.05) is 12.1 Å². The van der Waals surface area contributed by atoms with E-state index in [9.17, 15) is 20.0 Å². The van der Waals surface area contributed by atoms with Crippen molar-refractivity contribution >= 4 is 11.7 Å². The molecule has 0 saturated carbocycles. The van der Waals surface area contributed by atoms with Crippen LogP contribution in [0.25, 0.3) is 0 Å². The first-order valence-electron chi connectivity index (χ1n) is 5.34. The zero-order chi connectivity index (χ0) is 13.7. The number of nitrogens with zero attached hydrogens (tertiary/aromatic N) is 1. The summed E-state index contributed by atoms with van der Waals surface area (Å²) in [5.41, 5.74) is 5.40. The van der Waals surface area contributed by atoms with Gasteiger partial charge in [0.2, 0.25) is 0 Å². The smallest absolute Gasteiger partial charge is 0.323 e. The molecule has 0 aliphatic rings. The topological polar surface area (TPSA) is 116 Å². The highest BCUT2D eigenvalue weighted by Crippen LogP contribution is 2.29. The van der Waals surface area contributed by atoms with Crippen LogP contribution in [0.1, 0.15) is 12.5 Å². The van der Waals surface area contributed by atoms with Crippen LogP contribution in [0.5, 0.6) is 5.75 Å². The molecule has 0 radical (unpaired) electrons. The zero-order valence-corrected chi connectivity index (χ0v) is 9.83. The molecule has 1 rings (SSSR count). The van der Waals surface area contributed by atoms with Gasteiger partial charge in [0.25, 0.3) is 0 Å². The molecule has 0 aromatic heterocycles. The number of nitrogens with two attached hydrogens (primary N) is 1. The summed E-state index contributed by atoms with van der Waals surface area (Å²) in [6.07, 6.45) is -0.0215. The first-order chi connectivity index (χ1) is 8.47. The minimum atomic E-state index is -0.960. The van der Waals surface area contributed by atoms with Crippen LogP contribution >= 0.6 is 0 Å². The zero-order valence-electron chi connectivity index (χ0n) is 9.83. The Balaban J connectivity index is 2.88. The molecule has 0 spiro atoms. The van der Waals surface area contributed by atoms with E-state index in [0.717, 1.165) is 0 Å². The van der Waals surface area contributed by atoms with Crippen molar-refractivity contribution in [1.29, 1.82) is 0 Å². The Hall–Kier alpha value is -2.15. The molecule has 0 aliphatic carbocycles. The summed E-state index contributed by atoms with van der Waals surface area (Å²) in [5.74, 6) is -1.08. The second-order valence-electron chi connectivity index (χ2n) is 3.60. The predicted octanol–water partition coefficient (Wildman–Crippen LogP) is 0.733. The van der Waals surface area contributed by atoms with E-state index >= 15 is 0 Å². The Morgan fingerprint density at radius 3 is 2.83 bits per heavy atom. The van der Waals surface area contributed by atoms with Gasteiger partial charge in [-0.2, -0.15) is 0 Å². The van der Waals surface area contributed by atoms with E-state index in [1.165, 1.54) is 18.2 Å². The molecule has 7 heteroatoms. The van der Waals surface area contributed by atoms with Crippen LogP contribution in [0.15, 0.2) is 18.2 Å². The average molecular weight is 254 g/mol. The van der Waals surface area contributed by atoms with E-state index in [1.54, 1.807) is 6.92 Å². The Morgan fingerprint density at radius 1 is 1.61 bits per heavy atom. The summed E-state index contributed by atoms with van der Waals surface area (Å²) >= 11 is 0. The van der Waals surface area contributed by atoms with Crippen LogP contribution in [0, 0.1) is 10.1 Å². The summed E-state index contributed by atoms with van der Waals surface area (Å²) in [7, 11) is 0. The fourth-order valence-electron chi connectivity index (χ4n) is 1.46. The van der Waals surface area contributed by atoms with Crippen LogP contribution in [0.3, 0.4) is 0 Å². The number of phenols is 1. The van der Waals surface area contributed by atoms with Gasteiger partial charge in [0.15, 0.2) is 5.75 Å². The highest BCUT2D eigenvalue weighted by atomic mass is 16.6. The van der Waals surface area contributed by atoms with Crippen molar-refractivity contribution in [2.45, 2.75) is 19.4 Å². The van der Waals surface area contributed by atoms with Gasteiger partial charge in [-0.05, 0) is 6.92 Å². The van der Waals surface area contributed by atoms with Crippen LogP contribution < -0.4 is 5.73 Å². The third kappa shape index (κ3) is 3.17. The highest BCUT2D eigenvalue weighted by molar-refractivity contribution is 5.76. The molecular formula is C11H14N2O5. The third-order valence-corrected chi connectivity index (χ3v) is 2.32. The lowest BCUT2D eigenvalue weighted by Gasteiger charge is -2.11. The maximum absolute atomic E-state index is 11.3. The molecule has 1 unspecified atom stereocenters. The number of hydrogen-bond acceptors (Lipinski definition) is 6. The molecule has 3 N–H and O–H groups in total. The first kappa shape index (κ1) is 13.9. The van der Waals surface area contributed by atoms with Crippen molar-refractivity contribution in [2.24, 2.45) is 5.73 Å². The van der Waals surface area contributed by atoms with Crippen molar-refractivity contribution in [3.8, 4) is 5.75 Å². The molecule has 1 aromatic carbocycles. The molecule has 18 heavy (non-hydrogen) atoms. The maximum Gasteiger partial charge on any atom is 0.323 e. The Labute approximate surface area is 103 Å². The minimum Gasteiger partial charge on any atom is -0.502 e. The van der Waals surface area contributed by atoms with Crippen LogP contribution in [-0.4, -0.2) is 28.6 Å². The summed E-state index contributed by atoms with van der Waals surface area (Å²) in [6, 6.07) is 3.11. The van der Waals surface area contributed by atoms with Gasteiger partial charge in [0.1, 0.15) is 6.04 Å². The molecule has 7 nitrogen and oxygen atoms in total. The molecule has 1 aromatic rings. The van der Waals surface area contributed by atoms with E-state index in [0.29, 0.717) is 0 Å². The lowest BCUT2D eigenvalue weighted by molar-refractivity contribution is -0.385. The number of aromatic hydroxyl groups is 1. The normalized spacial score (nSPS) is 11.9. The lowest BCUT2D eigenvalue weighted by Crippen LogP contribution is -2.34. The number of nitro groups is 1. The molecule has 0 bridgehead atoms. The molecule has 1 atom stereocenters. The SMILES string of the molecule is CCOC(=O)C(N)Cc1cccc([N+](=O)[O-])c1O. The Kier molecular flexibility index (Phi) is 4.61. The van der Waals surface area contributed by atoms with Crippen LogP contribution in [0.4, 0.5) is 5.69 Å². The van der Waals surface area contributed by atoms with Crippen molar-refractivity contribution in [2.75, 3.05) is 6.61 Å². The number of esters is 1. The van der Waals surface area contributed by atoms with Gasteiger partial charge in [0.05, 0.1) is 11.5 Å². The first-order valence-corrected chi connectivity index (χ1v) is 5.34.